The van der Waals surface area contributed by atoms with Crippen molar-refractivity contribution in [3.8, 4) is 0 Å². The number of carbonyl (C=O) groups is 6. The third kappa shape index (κ3) is 12.4. The molecule has 0 aromatic carbocycles. The topological polar surface area (TPSA) is 228 Å². The molecule has 1 amide bonds. The van der Waals surface area contributed by atoms with E-state index in [0.29, 0.717) is 19.3 Å². The fraction of sp³-hybridized carbons (Fsp3) is 0.769. The van der Waals surface area contributed by atoms with Crippen molar-refractivity contribution >= 4 is 35.8 Å². The number of methoxy groups -OCH3 is 1. The SMILES string of the molecule is CCOC(=O)CCCCCO[C@]1(C(=O)OC)C[C@@H](N=[N+]=[N-])[C@@H](NC(C)=O)C([C@H](OC(C)=O)[C@@H](COC(C)=O)OC(C)=O)O1. The van der Waals surface area contributed by atoms with Crippen LogP contribution in [0.15, 0.2) is 5.11 Å². The summed E-state index contributed by atoms with van der Waals surface area (Å²) in [7, 11) is 1.07. The zero-order valence-electron chi connectivity index (χ0n) is 25.2. The van der Waals surface area contributed by atoms with Crippen LogP contribution in [0.5, 0.6) is 0 Å². The molecule has 1 aliphatic heterocycles. The predicted molar refractivity (Wildman–Crippen MR) is 144 cm³/mol. The number of amides is 1. The van der Waals surface area contributed by atoms with Crippen LogP contribution in [0.4, 0.5) is 0 Å². The molecule has 1 fully saturated rings. The Hall–Kier alpha value is -3.95. The fourth-order valence-electron chi connectivity index (χ4n) is 4.44. The van der Waals surface area contributed by atoms with Crippen LogP contribution in [-0.2, 0) is 61.9 Å². The Morgan fingerprint density at radius 3 is 2.21 bits per heavy atom. The second kappa shape index (κ2) is 18.6. The highest BCUT2D eigenvalue weighted by Gasteiger charge is 2.58. The number of nitrogens with zero attached hydrogens (tertiary/aromatic N) is 3. The van der Waals surface area contributed by atoms with Crippen LogP contribution in [0.3, 0.4) is 0 Å². The lowest BCUT2D eigenvalue weighted by Crippen LogP contribution is -2.68. The Balaban J connectivity index is 3.53. The smallest absolute Gasteiger partial charge is 0.366 e. The molecule has 0 aromatic rings. The maximum atomic E-state index is 13.2. The van der Waals surface area contributed by atoms with E-state index >= 15 is 0 Å². The summed E-state index contributed by atoms with van der Waals surface area (Å²) in [6.07, 6.45) is -3.55. The van der Waals surface area contributed by atoms with Crippen LogP contribution in [0.1, 0.15) is 66.7 Å². The molecule has 6 atom stereocenters. The van der Waals surface area contributed by atoms with E-state index in [-0.39, 0.29) is 25.6 Å². The average Bonchev–Trinajstić information content (AvgIpc) is 2.92. The monoisotopic (exact) mass is 616 g/mol. The van der Waals surface area contributed by atoms with Crippen LogP contribution < -0.4 is 5.32 Å². The van der Waals surface area contributed by atoms with Gasteiger partial charge in [-0.05, 0) is 25.3 Å². The largest absolute Gasteiger partial charge is 0.466 e. The van der Waals surface area contributed by atoms with Gasteiger partial charge in [-0.25, -0.2) is 4.79 Å². The standard InChI is InChI=1S/C26H40N4O13/c1-7-38-21(35)11-9-8-10-12-40-26(25(36)37-6)13-19(29-30-27)22(28-15(2)31)24(43-26)23(42-18(5)34)20(41-17(4)33)14-39-16(3)32/h19-20,22-24H,7-14H2,1-6H3,(H,28,31)/t19-,20-,22-,23-,24?,26-/m1/s1. The minimum Gasteiger partial charge on any atom is -0.466 e. The van der Waals surface area contributed by atoms with Crippen molar-refractivity contribution in [2.75, 3.05) is 26.9 Å². The van der Waals surface area contributed by atoms with Gasteiger partial charge in [0.1, 0.15) is 12.7 Å². The first-order valence-electron chi connectivity index (χ1n) is 13.6. The second-order valence-electron chi connectivity index (χ2n) is 9.52. The van der Waals surface area contributed by atoms with Gasteiger partial charge in [0.25, 0.3) is 5.79 Å². The first-order chi connectivity index (χ1) is 20.3. The molecule has 0 aliphatic carbocycles. The molecule has 1 heterocycles. The molecule has 43 heavy (non-hydrogen) atoms. The maximum absolute atomic E-state index is 13.2. The van der Waals surface area contributed by atoms with Crippen molar-refractivity contribution in [3.05, 3.63) is 10.4 Å². The number of hydrogen-bond donors (Lipinski definition) is 1. The van der Waals surface area contributed by atoms with Gasteiger partial charge in [0.15, 0.2) is 12.2 Å². The highest BCUT2D eigenvalue weighted by Crippen LogP contribution is 2.37. The maximum Gasteiger partial charge on any atom is 0.366 e. The highest BCUT2D eigenvalue weighted by molar-refractivity contribution is 5.78. The molecule has 242 valence electrons. The van der Waals surface area contributed by atoms with Gasteiger partial charge in [-0.1, -0.05) is 11.5 Å². The minimum absolute atomic E-state index is 0.0858. The van der Waals surface area contributed by atoms with Gasteiger partial charge >= 0.3 is 29.8 Å². The fourth-order valence-corrected chi connectivity index (χ4v) is 4.44. The molecule has 17 heteroatoms. The summed E-state index contributed by atoms with van der Waals surface area (Å²) in [4.78, 5) is 75.6. The third-order valence-electron chi connectivity index (χ3n) is 6.07. The zero-order valence-corrected chi connectivity index (χ0v) is 25.2. The van der Waals surface area contributed by atoms with Crippen molar-refractivity contribution in [2.24, 2.45) is 5.11 Å². The van der Waals surface area contributed by atoms with Gasteiger partial charge in [0.2, 0.25) is 5.91 Å². The van der Waals surface area contributed by atoms with E-state index in [2.05, 4.69) is 15.3 Å². The molecule has 1 saturated heterocycles. The average molecular weight is 617 g/mol. The molecule has 1 unspecified atom stereocenters. The first kappa shape index (κ1) is 37.1. The number of esters is 5. The highest BCUT2D eigenvalue weighted by atomic mass is 16.7. The van der Waals surface area contributed by atoms with Crippen LogP contribution in [0, 0.1) is 0 Å². The minimum atomic E-state index is -2.24. The summed E-state index contributed by atoms with van der Waals surface area (Å²) in [5.41, 5.74) is 9.33. The number of carbonyl (C=O) groups excluding carboxylic acids is 6. The van der Waals surface area contributed by atoms with E-state index in [4.69, 9.17) is 33.2 Å². The molecule has 0 saturated carbocycles. The summed E-state index contributed by atoms with van der Waals surface area (Å²) in [6.45, 7) is 5.66. The van der Waals surface area contributed by atoms with E-state index in [1.54, 1.807) is 6.92 Å². The van der Waals surface area contributed by atoms with E-state index < -0.39 is 79.0 Å². The number of hydrogen-bond acceptors (Lipinski definition) is 14. The zero-order chi connectivity index (χ0) is 32.6. The van der Waals surface area contributed by atoms with Crippen molar-refractivity contribution in [1.82, 2.24) is 5.32 Å². The van der Waals surface area contributed by atoms with Crippen molar-refractivity contribution in [3.63, 3.8) is 0 Å². The number of ether oxygens (including phenoxy) is 7. The van der Waals surface area contributed by atoms with Gasteiger partial charge in [-0.2, -0.15) is 0 Å². The predicted octanol–water partition coefficient (Wildman–Crippen LogP) is 1.39. The number of azide groups is 1. The summed E-state index contributed by atoms with van der Waals surface area (Å²) >= 11 is 0. The van der Waals surface area contributed by atoms with Crippen LogP contribution in [0.25, 0.3) is 10.4 Å². The van der Waals surface area contributed by atoms with Gasteiger partial charge in [-0.15, -0.1) is 0 Å². The lowest BCUT2D eigenvalue weighted by molar-refractivity contribution is -0.302. The summed E-state index contributed by atoms with van der Waals surface area (Å²) in [5.74, 6) is -6.69. The number of nitrogens with one attached hydrogen (secondary N) is 1. The molecule has 1 rings (SSSR count). The molecule has 0 bridgehead atoms. The molecular weight excluding hydrogens is 576 g/mol. The number of rotatable bonds is 17. The molecule has 1 aliphatic rings. The van der Waals surface area contributed by atoms with E-state index in [0.717, 1.165) is 27.9 Å². The Kier molecular flexibility index (Phi) is 16.0. The molecular formula is C26H40N4O13. The first-order valence-corrected chi connectivity index (χ1v) is 13.6. The van der Waals surface area contributed by atoms with Crippen LogP contribution >= 0.6 is 0 Å². The van der Waals surface area contributed by atoms with Crippen LogP contribution in [0.2, 0.25) is 0 Å². The van der Waals surface area contributed by atoms with Crippen molar-refractivity contribution in [2.45, 2.75) is 103 Å². The number of unbranched alkanes of at least 4 members (excludes halogenated alkanes) is 2. The lowest BCUT2D eigenvalue weighted by atomic mass is 9.86. The van der Waals surface area contributed by atoms with E-state index in [9.17, 15) is 34.3 Å². The van der Waals surface area contributed by atoms with Gasteiger partial charge < -0.3 is 38.5 Å². The summed E-state index contributed by atoms with van der Waals surface area (Å²) in [6, 6.07) is -2.49. The molecule has 1 N–H and O–H groups in total. The Bertz CT molecular complexity index is 1050. The molecule has 0 spiro atoms. The Morgan fingerprint density at radius 1 is 1.00 bits per heavy atom. The molecule has 0 radical (unpaired) electrons. The molecule has 17 nitrogen and oxygen atoms in total. The van der Waals surface area contributed by atoms with Crippen molar-refractivity contribution in [1.29, 1.82) is 0 Å². The Labute approximate surface area is 248 Å². The summed E-state index contributed by atoms with van der Waals surface area (Å²) in [5, 5.41) is 6.32. The summed E-state index contributed by atoms with van der Waals surface area (Å²) < 4.78 is 37.7. The molecule has 0 aromatic heterocycles. The lowest BCUT2D eigenvalue weighted by Gasteiger charge is -2.48. The van der Waals surface area contributed by atoms with Gasteiger partial charge in [0.05, 0.1) is 32.4 Å². The van der Waals surface area contributed by atoms with Gasteiger partial charge in [0, 0.05) is 45.4 Å². The quantitative estimate of drug-likeness (QED) is 0.0609. The van der Waals surface area contributed by atoms with E-state index in [1.165, 1.54) is 6.92 Å². The Morgan fingerprint density at radius 2 is 1.67 bits per heavy atom. The second-order valence-corrected chi connectivity index (χ2v) is 9.52. The van der Waals surface area contributed by atoms with Crippen LogP contribution in [-0.4, -0.2) is 98.9 Å². The van der Waals surface area contributed by atoms with Crippen molar-refractivity contribution < 1.29 is 61.9 Å². The van der Waals surface area contributed by atoms with Gasteiger partial charge in [-0.3, -0.25) is 24.0 Å². The normalized spacial score (nSPS) is 22.5. The van der Waals surface area contributed by atoms with E-state index in [1.807, 2.05) is 0 Å². The third-order valence-corrected chi connectivity index (χ3v) is 6.07.